The van der Waals surface area contributed by atoms with Crippen molar-refractivity contribution in [3.8, 4) is 0 Å². The molecule has 1 unspecified atom stereocenters. The third-order valence-electron chi connectivity index (χ3n) is 5.63. The number of hydroxylamine groups is 1. The molecular formula is C25H30N2O4. The lowest BCUT2D eigenvalue weighted by Crippen LogP contribution is -2.52. The van der Waals surface area contributed by atoms with Crippen LogP contribution in [0.5, 0.6) is 0 Å². The van der Waals surface area contributed by atoms with Crippen molar-refractivity contribution in [2.75, 3.05) is 0 Å². The number of carbonyl (C=O) groups excluding carboxylic acids is 2. The molecule has 1 aliphatic carbocycles. The molecule has 1 aliphatic rings. The number of rotatable bonds is 9. The average molecular weight is 423 g/mol. The highest BCUT2D eigenvalue weighted by molar-refractivity contribution is 5.90. The maximum atomic E-state index is 13.1. The van der Waals surface area contributed by atoms with Crippen LogP contribution in [-0.2, 0) is 27.3 Å². The van der Waals surface area contributed by atoms with Gasteiger partial charge >= 0.3 is 5.97 Å². The van der Waals surface area contributed by atoms with E-state index in [9.17, 15) is 9.59 Å². The third-order valence-corrected chi connectivity index (χ3v) is 5.63. The lowest BCUT2D eigenvalue weighted by molar-refractivity contribution is -0.156. The quantitative estimate of drug-likeness (QED) is 0.248. The zero-order valence-corrected chi connectivity index (χ0v) is 17.8. The number of hydrogen-bond donors (Lipinski definition) is 3. The Morgan fingerprint density at radius 3 is 2.39 bits per heavy atom. The predicted octanol–water partition coefficient (Wildman–Crippen LogP) is 3.78. The van der Waals surface area contributed by atoms with Crippen LogP contribution in [0.1, 0.15) is 49.3 Å². The molecule has 6 heteroatoms. The van der Waals surface area contributed by atoms with Gasteiger partial charge in [0.15, 0.2) is 0 Å². The monoisotopic (exact) mass is 422 g/mol. The van der Waals surface area contributed by atoms with Gasteiger partial charge in [-0.15, -0.1) is 0 Å². The second-order valence-corrected chi connectivity index (χ2v) is 8.21. The maximum absolute atomic E-state index is 13.1. The average Bonchev–Trinajstić information content (AvgIpc) is 3.30. The normalized spacial score (nSPS) is 16.2. The van der Waals surface area contributed by atoms with Crippen LogP contribution in [0.2, 0.25) is 0 Å². The summed E-state index contributed by atoms with van der Waals surface area (Å²) in [6.45, 7) is 2.41. The highest BCUT2D eigenvalue weighted by Crippen LogP contribution is 2.24. The SMILES string of the molecule is CC(Cc1ccccc1)(NCc1ccc(C=CC(=O)NO)cc1)C(=O)OC1CCCC1. The van der Waals surface area contributed by atoms with E-state index in [0.717, 1.165) is 42.4 Å². The molecule has 0 radical (unpaired) electrons. The fourth-order valence-electron chi connectivity index (χ4n) is 3.75. The Balaban J connectivity index is 1.68. The topological polar surface area (TPSA) is 87.7 Å². The van der Waals surface area contributed by atoms with E-state index in [4.69, 9.17) is 9.94 Å². The molecule has 1 fully saturated rings. The Labute approximate surface area is 183 Å². The highest BCUT2D eigenvalue weighted by atomic mass is 16.5. The van der Waals surface area contributed by atoms with E-state index in [1.165, 1.54) is 6.08 Å². The Morgan fingerprint density at radius 2 is 1.74 bits per heavy atom. The molecule has 0 aliphatic heterocycles. The summed E-state index contributed by atoms with van der Waals surface area (Å²) in [6.07, 6.45) is 7.53. The van der Waals surface area contributed by atoms with Crippen LogP contribution in [0.15, 0.2) is 60.7 Å². The van der Waals surface area contributed by atoms with Crippen molar-refractivity contribution in [3.63, 3.8) is 0 Å². The summed E-state index contributed by atoms with van der Waals surface area (Å²) < 4.78 is 5.85. The van der Waals surface area contributed by atoms with Crippen LogP contribution in [0.3, 0.4) is 0 Å². The van der Waals surface area contributed by atoms with Gasteiger partial charge in [0.2, 0.25) is 0 Å². The number of ether oxygens (including phenoxy) is 1. The first-order valence-corrected chi connectivity index (χ1v) is 10.7. The smallest absolute Gasteiger partial charge is 0.326 e. The molecule has 0 spiro atoms. The third kappa shape index (κ3) is 6.77. The van der Waals surface area contributed by atoms with Crippen LogP contribution in [0.25, 0.3) is 6.08 Å². The van der Waals surface area contributed by atoms with Gasteiger partial charge in [-0.25, -0.2) is 5.48 Å². The number of amides is 1. The van der Waals surface area contributed by atoms with E-state index in [-0.39, 0.29) is 12.1 Å². The summed E-state index contributed by atoms with van der Waals surface area (Å²) in [4.78, 5) is 24.2. The summed E-state index contributed by atoms with van der Waals surface area (Å²) in [5.74, 6) is -0.791. The van der Waals surface area contributed by atoms with Crippen molar-refractivity contribution in [1.29, 1.82) is 0 Å². The molecule has 1 saturated carbocycles. The van der Waals surface area contributed by atoms with Crippen LogP contribution in [-0.4, -0.2) is 28.7 Å². The largest absolute Gasteiger partial charge is 0.461 e. The number of benzene rings is 2. The first-order chi connectivity index (χ1) is 15.0. The number of carbonyl (C=O) groups is 2. The van der Waals surface area contributed by atoms with Crippen LogP contribution < -0.4 is 10.8 Å². The summed E-state index contributed by atoms with van der Waals surface area (Å²) >= 11 is 0. The molecule has 0 aromatic heterocycles. The molecule has 2 aromatic carbocycles. The van der Waals surface area contributed by atoms with E-state index in [0.29, 0.717) is 13.0 Å². The lowest BCUT2D eigenvalue weighted by atomic mass is 9.92. The van der Waals surface area contributed by atoms with E-state index < -0.39 is 11.4 Å². The number of hydrogen-bond acceptors (Lipinski definition) is 5. The van der Waals surface area contributed by atoms with Gasteiger partial charge in [0, 0.05) is 19.0 Å². The minimum absolute atomic E-state index is 0.0200. The molecule has 1 amide bonds. The molecule has 0 saturated heterocycles. The predicted molar refractivity (Wildman–Crippen MR) is 119 cm³/mol. The van der Waals surface area contributed by atoms with Crippen LogP contribution >= 0.6 is 0 Å². The van der Waals surface area contributed by atoms with E-state index in [2.05, 4.69) is 5.32 Å². The van der Waals surface area contributed by atoms with Gasteiger partial charge in [0.05, 0.1) is 0 Å². The van der Waals surface area contributed by atoms with Gasteiger partial charge in [0.1, 0.15) is 11.6 Å². The van der Waals surface area contributed by atoms with Crippen molar-refractivity contribution >= 4 is 18.0 Å². The molecule has 2 aromatic rings. The fraction of sp³-hybridized carbons (Fsp3) is 0.360. The minimum atomic E-state index is -0.846. The van der Waals surface area contributed by atoms with Gasteiger partial charge < -0.3 is 4.74 Å². The molecular weight excluding hydrogens is 392 g/mol. The van der Waals surface area contributed by atoms with Crippen molar-refractivity contribution in [1.82, 2.24) is 10.8 Å². The molecule has 31 heavy (non-hydrogen) atoms. The second-order valence-electron chi connectivity index (χ2n) is 8.21. The summed E-state index contributed by atoms with van der Waals surface area (Å²) in [6, 6.07) is 17.6. The van der Waals surface area contributed by atoms with Crippen molar-refractivity contribution < 1.29 is 19.5 Å². The van der Waals surface area contributed by atoms with Gasteiger partial charge in [-0.3, -0.25) is 20.1 Å². The van der Waals surface area contributed by atoms with Gasteiger partial charge in [0.25, 0.3) is 5.91 Å². The van der Waals surface area contributed by atoms with Crippen molar-refractivity contribution in [2.24, 2.45) is 0 Å². The van der Waals surface area contributed by atoms with E-state index in [1.807, 2.05) is 61.5 Å². The number of nitrogens with one attached hydrogen (secondary N) is 2. The Kier molecular flexibility index (Phi) is 7.98. The zero-order valence-electron chi connectivity index (χ0n) is 17.8. The summed E-state index contributed by atoms with van der Waals surface area (Å²) in [5.41, 5.74) is 3.63. The minimum Gasteiger partial charge on any atom is -0.461 e. The highest BCUT2D eigenvalue weighted by Gasteiger charge is 2.36. The van der Waals surface area contributed by atoms with Gasteiger partial charge in [-0.1, -0.05) is 54.6 Å². The molecule has 3 rings (SSSR count). The number of esters is 1. The molecule has 3 N–H and O–H groups in total. The van der Waals surface area contributed by atoms with Gasteiger partial charge in [-0.05, 0) is 55.4 Å². The van der Waals surface area contributed by atoms with E-state index >= 15 is 0 Å². The maximum Gasteiger partial charge on any atom is 0.326 e. The molecule has 0 bridgehead atoms. The molecule has 0 heterocycles. The Hall–Kier alpha value is -2.96. The fourth-order valence-corrected chi connectivity index (χ4v) is 3.75. The molecule has 164 valence electrons. The van der Waals surface area contributed by atoms with Crippen molar-refractivity contribution in [3.05, 3.63) is 77.4 Å². The first-order valence-electron chi connectivity index (χ1n) is 10.7. The van der Waals surface area contributed by atoms with Crippen LogP contribution in [0, 0.1) is 0 Å². The second kappa shape index (κ2) is 10.9. The molecule has 1 atom stereocenters. The Morgan fingerprint density at radius 1 is 1.06 bits per heavy atom. The molecule has 6 nitrogen and oxygen atoms in total. The van der Waals surface area contributed by atoms with Gasteiger partial charge in [-0.2, -0.15) is 0 Å². The standard InChI is InChI=1S/C25H30N2O4/c1-25(17-20-7-3-2-4-8-20,24(29)31-22-9-5-6-10-22)26-18-21-13-11-19(12-14-21)15-16-23(28)27-30/h2-4,7-8,11-16,22,26,30H,5-6,9-10,17-18H2,1H3,(H,27,28). The summed E-state index contributed by atoms with van der Waals surface area (Å²) in [5, 5.41) is 12.0. The summed E-state index contributed by atoms with van der Waals surface area (Å²) in [7, 11) is 0. The lowest BCUT2D eigenvalue weighted by Gasteiger charge is -2.30. The van der Waals surface area contributed by atoms with Crippen molar-refractivity contribution in [2.45, 2.75) is 57.2 Å². The Bertz CT molecular complexity index is 889. The van der Waals surface area contributed by atoms with Crippen LogP contribution in [0.4, 0.5) is 0 Å². The van der Waals surface area contributed by atoms with E-state index in [1.54, 1.807) is 11.6 Å². The zero-order chi connectivity index (χ0) is 22.1. The first kappa shape index (κ1) is 22.7.